The first-order valence-electron chi connectivity index (χ1n) is 9.53. The highest BCUT2D eigenvalue weighted by Crippen LogP contribution is 2.28. The highest BCUT2D eigenvalue weighted by Gasteiger charge is 2.28. The van der Waals surface area contributed by atoms with Gasteiger partial charge in [-0.2, -0.15) is 5.26 Å². The minimum atomic E-state index is -0.260. The molecule has 2 aromatic rings. The molecule has 0 spiro atoms. The molecule has 0 radical (unpaired) electrons. The molecule has 1 heterocycles. The van der Waals surface area contributed by atoms with Crippen molar-refractivity contribution in [1.29, 1.82) is 5.26 Å². The number of rotatable bonds is 5. The number of halogens is 1. The Labute approximate surface area is 171 Å². The zero-order valence-electron chi connectivity index (χ0n) is 16.2. The number of anilines is 1. The molecule has 6 heteroatoms. The number of amides is 1. The van der Waals surface area contributed by atoms with Gasteiger partial charge in [0, 0.05) is 37.2 Å². The lowest BCUT2D eigenvalue weighted by atomic mass is 10.1. The summed E-state index contributed by atoms with van der Waals surface area (Å²) < 4.78 is 0. The third-order valence-electron chi connectivity index (χ3n) is 5.48. The molecule has 0 saturated carbocycles. The summed E-state index contributed by atoms with van der Waals surface area (Å²) in [5.74, 6) is -0.0877. The number of nitrogens with zero attached hydrogens (tertiary/aromatic N) is 3. The number of hydrogen-bond acceptors (Lipinski definition) is 4. The number of hydrogen-bond donors (Lipinski definition) is 1. The molecule has 1 saturated heterocycles. The SMILES string of the molecule is CC(C(=O)Nc1ccccc1C#N)N1CCN(C(C)c2ccccc2Cl)CC1. The molecule has 0 aromatic heterocycles. The molecule has 1 aliphatic rings. The lowest BCUT2D eigenvalue weighted by molar-refractivity contribution is -0.121. The van der Waals surface area contributed by atoms with Crippen molar-refractivity contribution in [1.82, 2.24) is 9.80 Å². The van der Waals surface area contributed by atoms with Crippen molar-refractivity contribution >= 4 is 23.2 Å². The van der Waals surface area contributed by atoms with Gasteiger partial charge in [-0.1, -0.05) is 41.9 Å². The van der Waals surface area contributed by atoms with Crippen LogP contribution in [0.4, 0.5) is 5.69 Å². The Hall–Kier alpha value is -2.39. The monoisotopic (exact) mass is 396 g/mol. The standard InChI is InChI=1S/C22H25ClN4O/c1-16(19-8-4-5-9-20(19)23)26-11-13-27(14-12-26)17(2)22(28)25-21-10-6-3-7-18(21)15-24/h3-10,16-17H,11-14H2,1-2H3,(H,25,28). The fourth-order valence-electron chi connectivity index (χ4n) is 3.62. The minimum absolute atomic E-state index is 0.0877. The van der Waals surface area contributed by atoms with E-state index in [1.165, 1.54) is 0 Å². The van der Waals surface area contributed by atoms with Crippen molar-refractivity contribution in [3.8, 4) is 6.07 Å². The summed E-state index contributed by atoms with van der Waals surface area (Å²) >= 11 is 6.35. The number of piperazine rings is 1. The molecule has 1 amide bonds. The zero-order chi connectivity index (χ0) is 20.1. The Morgan fingerprint density at radius 3 is 2.32 bits per heavy atom. The summed E-state index contributed by atoms with van der Waals surface area (Å²) in [5.41, 5.74) is 2.17. The minimum Gasteiger partial charge on any atom is -0.324 e. The summed E-state index contributed by atoms with van der Waals surface area (Å²) in [7, 11) is 0. The van der Waals surface area contributed by atoms with Gasteiger partial charge in [0.15, 0.2) is 0 Å². The van der Waals surface area contributed by atoms with Gasteiger partial charge in [0.25, 0.3) is 0 Å². The van der Waals surface area contributed by atoms with Crippen molar-refractivity contribution in [3.05, 3.63) is 64.7 Å². The van der Waals surface area contributed by atoms with Crippen LogP contribution in [0.2, 0.25) is 5.02 Å². The van der Waals surface area contributed by atoms with Crippen LogP contribution in [0.5, 0.6) is 0 Å². The third-order valence-corrected chi connectivity index (χ3v) is 5.83. The number of carbonyl (C=O) groups excluding carboxylic acids is 1. The predicted octanol–water partition coefficient (Wildman–Crippen LogP) is 3.92. The normalized spacial score (nSPS) is 17.5. The molecule has 2 atom stereocenters. The smallest absolute Gasteiger partial charge is 0.241 e. The number of para-hydroxylation sites is 1. The van der Waals surface area contributed by atoms with Crippen LogP contribution in [0.25, 0.3) is 0 Å². The molecule has 3 rings (SSSR count). The highest BCUT2D eigenvalue weighted by atomic mass is 35.5. The third kappa shape index (κ3) is 4.53. The van der Waals surface area contributed by atoms with Gasteiger partial charge in [-0.3, -0.25) is 14.6 Å². The highest BCUT2D eigenvalue weighted by molar-refractivity contribution is 6.31. The van der Waals surface area contributed by atoms with Crippen LogP contribution in [-0.4, -0.2) is 47.9 Å². The van der Waals surface area contributed by atoms with Crippen LogP contribution in [0.1, 0.15) is 31.0 Å². The first-order valence-corrected chi connectivity index (χ1v) is 9.91. The maximum atomic E-state index is 12.7. The molecule has 1 aliphatic heterocycles. The molecule has 2 aromatic carbocycles. The van der Waals surface area contributed by atoms with Gasteiger partial charge in [0.05, 0.1) is 17.3 Å². The molecular weight excluding hydrogens is 372 g/mol. The molecule has 1 fully saturated rings. The van der Waals surface area contributed by atoms with E-state index in [4.69, 9.17) is 11.6 Å². The molecule has 5 nitrogen and oxygen atoms in total. The number of nitriles is 1. The fraction of sp³-hybridized carbons (Fsp3) is 0.364. The predicted molar refractivity (Wildman–Crippen MR) is 112 cm³/mol. The van der Waals surface area contributed by atoms with Gasteiger partial charge in [-0.05, 0) is 37.6 Å². The average Bonchev–Trinajstić information content (AvgIpc) is 2.73. The van der Waals surface area contributed by atoms with Crippen LogP contribution in [0.15, 0.2) is 48.5 Å². The van der Waals surface area contributed by atoms with Crippen molar-refractivity contribution in [2.45, 2.75) is 25.9 Å². The zero-order valence-corrected chi connectivity index (χ0v) is 17.0. The Morgan fingerprint density at radius 1 is 1.04 bits per heavy atom. The van der Waals surface area contributed by atoms with Crippen molar-refractivity contribution < 1.29 is 4.79 Å². The number of nitrogens with one attached hydrogen (secondary N) is 1. The van der Waals surface area contributed by atoms with E-state index in [1.54, 1.807) is 18.2 Å². The summed E-state index contributed by atoms with van der Waals surface area (Å²) in [6.07, 6.45) is 0. The van der Waals surface area contributed by atoms with E-state index in [0.717, 1.165) is 36.8 Å². The first-order chi connectivity index (χ1) is 13.5. The van der Waals surface area contributed by atoms with Crippen molar-refractivity contribution in [2.24, 2.45) is 0 Å². The molecule has 0 aliphatic carbocycles. The van der Waals surface area contributed by atoms with E-state index in [9.17, 15) is 10.1 Å². The first kappa shape index (κ1) is 20.3. The lowest BCUT2D eigenvalue weighted by Crippen LogP contribution is -2.53. The largest absolute Gasteiger partial charge is 0.324 e. The van der Waals surface area contributed by atoms with Crippen LogP contribution >= 0.6 is 11.6 Å². The Balaban J connectivity index is 1.57. The topological polar surface area (TPSA) is 59.4 Å². The van der Waals surface area contributed by atoms with E-state index in [2.05, 4.69) is 34.2 Å². The van der Waals surface area contributed by atoms with Crippen LogP contribution in [-0.2, 0) is 4.79 Å². The molecular formula is C22H25ClN4O. The van der Waals surface area contributed by atoms with E-state index in [0.29, 0.717) is 11.3 Å². The molecule has 146 valence electrons. The van der Waals surface area contributed by atoms with Gasteiger partial charge >= 0.3 is 0 Å². The maximum Gasteiger partial charge on any atom is 0.241 e. The second-order valence-corrected chi connectivity index (χ2v) is 7.50. The van der Waals surface area contributed by atoms with Gasteiger partial charge in [0.2, 0.25) is 5.91 Å². The molecule has 2 unspecified atom stereocenters. The van der Waals surface area contributed by atoms with Crippen molar-refractivity contribution in [2.75, 3.05) is 31.5 Å². The van der Waals surface area contributed by atoms with E-state index >= 15 is 0 Å². The fourth-order valence-corrected chi connectivity index (χ4v) is 3.91. The molecule has 0 bridgehead atoms. The molecule has 28 heavy (non-hydrogen) atoms. The van der Waals surface area contributed by atoms with Gasteiger partial charge in [-0.25, -0.2) is 0 Å². The van der Waals surface area contributed by atoms with Gasteiger partial charge < -0.3 is 5.32 Å². The van der Waals surface area contributed by atoms with Crippen LogP contribution in [0.3, 0.4) is 0 Å². The quantitative estimate of drug-likeness (QED) is 0.832. The van der Waals surface area contributed by atoms with E-state index < -0.39 is 0 Å². The van der Waals surface area contributed by atoms with E-state index in [1.807, 2.05) is 31.2 Å². The van der Waals surface area contributed by atoms with Crippen molar-refractivity contribution in [3.63, 3.8) is 0 Å². The Bertz CT molecular complexity index is 871. The van der Waals surface area contributed by atoms with Gasteiger partial charge in [0.1, 0.15) is 6.07 Å². The number of carbonyl (C=O) groups is 1. The second kappa shape index (κ2) is 9.20. The summed E-state index contributed by atoms with van der Waals surface area (Å²) in [5, 5.41) is 12.9. The second-order valence-electron chi connectivity index (χ2n) is 7.09. The summed E-state index contributed by atoms with van der Waals surface area (Å²) in [6, 6.07) is 17.1. The van der Waals surface area contributed by atoms with Crippen LogP contribution in [0, 0.1) is 11.3 Å². The average molecular weight is 397 g/mol. The maximum absolute atomic E-state index is 12.7. The Morgan fingerprint density at radius 2 is 1.64 bits per heavy atom. The van der Waals surface area contributed by atoms with E-state index in [-0.39, 0.29) is 18.0 Å². The number of benzene rings is 2. The summed E-state index contributed by atoms with van der Waals surface area (Å²) in [6.45, 7) is 7.45. The lowest BCUT2D eigenvalue weighted by Gasteiger charge is -2.40. The summed E-state index contributed by atoms with van der Waals surface area (Å²) in [4.78, 5) is 17.2. The van der Waals surface area contributed by atoms with Crippen LogP contribution < -0.4 is 5.32 Å². The Kier molecular flexibility index (Phi) is 6.69. The van der Waals surface area contributed by atoms with Gasteiger partial charge in [-0.15, -0.1) is 0 Å². The molecule has 1 N–H and O–H groups in total.